The topological polar surface area (TPSA) is 106 Å². The van der Waals surface area contributed by atoms with Crippen LogP contribution in [0.5, 0.6) is 0 Å². The van der Waals surface area contributed by atoms with Crippen LogP contribution in [0, 0.1) is 6.92 Å². The molecule has 0 spiro atoms. The molecule has 142 valence electrons. The summed E-state index contributed by atoms with van der Waals surface area (Å²) >= 11 is 0. The lowest BCUT2D eigenvalue weighted by Gasteiger charge is -2.06. The first-order valence-electron chi connectivity index (χ1n) is 8.87. The molecule has 0 saturated heterocycles. The number of benzene rings is 1. The van der Waals surface area contributed by atoms with Crippen molar-refractivity contribution in [2.75, 3.05) is 5.32 Å². The molecule has 2 N–H and O–H groups in total. The smallest absolute Gasteiger partial charge is 0.349 e. The molecule has 0 aliphatic carbocycles. The van der Waals surface area contributed by atoms with E-state index in [-0.39, 0.29) is 11.4 Å². The van der Waals surface area contributed by atoms with Crippen molar-refractivity contribution in [3.63, 3.8) is 0 Å². The molecule has 1 aromatic carbocycles. The maximum Gasteiger partial charge on any atom is 0.349 e. The van der Waals surface area contributed by atoms with Crippen molar-refractivity contribution in [3.05, 3.63) is 75.6 Å². The average Bonchev–Trinajstić information content (AvgIpc) is 3.25. The highest BCUT2D eigenvalue weighted by Crippen LogP contribution is 2.20. The summed E-state index contributed by atoms with van der Waals surface area (Å²) in [5.74, 6) is 0.258. The van der Waals surface area contributed by atoms with Crippen LogP contribution in [0.3, 0.4) is 0 Å². The number of carbonyl (C=O) groups excluding carboxylic acids is 1. The van der Waals surface area contributed by atoms with Gasteiger partial charge in [-0.25, -0.2) is 4.79 Å². The fourth-order valence-electron chi connectivity index (χ4n) is 3.25. The van der Waals surface area contributed by atoms with Gasteiger partial charge < -0.3 is 14.7 Å². The highest BCUT2D eigenvalue weighted by Gasteiger charge is 2.18. The van der Waals surface area contributed by atoms with Gasteiger partial charge in [0.25, 0.3) is 5.91 Å². The van der Waals surface area contributed by atoms with Gasteiger partial charge in [-0.2, -0.15) is 9.90 Å². The molecule has 0 fully saturated rings. The molecule has 0 radical (unpaired) electrons. The Morgan fingerprint density at radius 2 is 2.11 bits per heavy atom. The zero-order valence-corrected chi connectivity index (χ0v) is 15.5. The summed E-state index contributed by atoms with van der Waals surface area (Å²) in [6, 6.07) is 9.79. The number of aromatic nitrogens is 4. The van der Waals surface area contributed by atoms with Gasteiger partial charge in [-0.05, 0) is 36.6 Å². The molecule has 0 atom stereocenters. The zero-order valence-electron chi connectivity index (χ0n) is 15.5. The van der Waals surface area contributed by atoms with Crippen LogP contribution >= 0.6 is 0 Å². The maximum absolute atomic E-state index is 12.4. The van der Waals surface area contributed by atoms with Crippen molar-refractivity contribution in [2.45, 2.75) is 19.8 Å². The monoisotopic (exact) mass is 377 g/mol. The molecule has 8 nitrogen and oxygen atoms in total. The number of aromatic amines is 1. The predicted octanol–water partition coefficient (Wildman–Crippen LogP) is 2.60. The van der Waals surface area contributed by atoms with Gasteiger partial charge in [-0.1, -0.05) is 18.2 Å². The van der Waals surface area contributed by atoms with E-state index in [1.807, 2.05) is 24.4 Å². The Hall–Kier alpha value is -3.68. The van der Waals surface area contributed by atoms with Crippen LogP contribution in [0.15, 0.2) is 51.9 Å². The van der Waals surface area contributed by atoms with Gasteiger partial charge in [0, 0.05) is 30.6 Å². The number of para-hydroxylation sites is 1. The van der Waals surface area contributed by atoms with Gasteiger partial charge >= 0.3 is 5.63 Å². The minimum absolute atomic E-state index is 0.0264. The van der Waals surface area contributed by atoms with E-state index in [1.165, 1.54) is 11.0 Å². The molecule has 3 heterocycles. The first-order chi connectivity index (χ1) is 13.5. The lowest BCUT2D eigenvalue weighted by Crippen LogP contribution is -2.23. The first-order valence-corrected chi connectivity index (χ1v) is 8.87. The summed E-state index contributed by atoms with van der Waals surface area (Å²) < 4.78 is 5.40. The van der Waals surface area contributed by atoms with Crippen LogP contribution in [0.1, 0.15) is 27.2 Å². The molecule has 0 saturated carbocycles. The van der Waals surface area contributed by atoms with Gasteiger partial charge in [0.05, 0.1) is 6.20 Å². The van der Waals surface area contributed by atoms with Crippen LogP contribution in [0.25, 0.3) is 10.9 Å². The summed E-state index contributed by atoms with van der Waals surface area (Å²) in [5, 5.41) is 11.6. The first kappa shape index (κ1) is 17.7. The van der Waals surface area contributed by atoms with Gasteiger partial charge in [0.2, 0.25) is 0 Å². The number of hydrogen-bond acceptors (Lipinski definition) is 5. The molecule has 3 aromatic heterocycles. The number of fused-ring (bicyclic) bond motifs is 1. The van der Waals surface area contributed by atoms with E-state index in [1.54, 1.807) is 20.0 Å². The van der Waals surface area contributed by atoms with E-state index < -0.39 is 11.5 Å². The number of hydrogen-bond donors (Lipinski definition) is 2. The average molecular weight is 377 g/mol. The maximum atomic E-state index is 12.4. The number of aryl methyl sites for hydroxylation is 4. The van der Waals surface area contributed by atoms with E-state index in [9.17, 15) is 9.59 Å². The third-order valence-electron chi connectivity index (χ3n) is 4.58. The van der Waals surface area contributed by atoms with Gasteiger partial charge in [0.1, 0.15) is 11.3 Å². The number of amides is 1. The Morgan fingerprint density at radius 3 is 2.86 bits per heavy atom. The third-order valence-corrected chi connectivity index (χ3v) is 4.58. The number of H-pyrrole nitrogens is 1. The van der Waals surface area contributed by atoms with Crippen LogP contribution in [0.4, 0.5) is 5.82 Å². The van der Waals surface area contributed by atoms with E-state index in [0.29, 0.717) is 17.7 Å². The van der Waals surface area contributed by atoms with Crippen LogP contribution in [-0.4, -0.2) is 25.9 Å². The molecule has 0 aliphatic rings. The van der Waals surface area contributed by atoms with Crippen molar-refractivity contribution >= 4 is 22.6 Å². The van der Waals surface area contributed by atoms with Gasteiger partial charge in [-0.15, -0.1) is 5.10 Å². The largest absolute Gasteiger partial charge is 0.427 e. The second-order valence-electron chi connectivity index (χ2n) is 6.59. The molecule has 28 heavy (non-hydrogen) atoms. The fraction of sp³-hybridized carbons (Fsp3) is 0.200. The lowest BCUT2D eigenvalue weighted by molar-refractivity contribution is 0.102. The molecule has 0 bridgehead atoms. The SMILES string of the molecule is Cc1cc(CCc2c[nH]c3ccccc23)oc(=O)c1C(=O)Nc1cnn(C)n1. The highest BCUT2D eigenvalue weighted by atomic mass is 16.4. The second kappa shape index (κ2) is 7.15. The number of rotatable bonds is 5. The Balaban J connectivity index is 1.52. The fourth-order valence-corrected chi connectivity index (χ4v) is 3.25. The van der Waals surface area contributed by atoms with Crippen LogP contribution in [0.2, 0.25) is 0 Å². The molecular weight excluding hydrogens is 358 g/mol. The third kappa shape index (κ3) is 3.44. The number of nitrogens with one attached hydrogen (secondary N) is 2. The molecule has 0 aliphatic heterocycles. The molecular formula is C20H19N5O3. The van der Waals surface area contributed by atoms with E-state index >= 15 is 0 Å². The number of carbonyl (C=O) groups is 1. The summed E-state index contributed by atoms with van der Waals surface area (Å²) in [6.07, 6.45) is 4.66. The molecule has 4 aromatic rings. The van der Waals surface area contributed by atoms with Gasteiger partial charge in [-0.3, -0.25) is 4.79 Å². The van der Waals surface area contributed by atoms with Crippen molar-refractivity contribution < 1.29 is 9.21 Å². The number of nitrogens with zero attached hydrogens (tertiary/aromatic N) is 3. The summed E-state index contributed by atoms with van der Waals surface area (Å²) in [4.78, 5) is 29.4. The standard InChI is InChI=1S/C20H19N5O3/c1-12-9-14(8-7-13-10-21-16-6-4-3-5-15(13)16)28-20(27)18(12)19(26)23-17-11-22-25(2)24-17/h3-6,9-11,21H,7-8H2,1-2H3,(H,23,24,26). The Morgan fingerprint density at radius 1 is 1.29 bits per heavy atom. The molecule has 1 amide bonds. The Kier molecular flexibility index (Phi) is 4.52. The highest BCUT2D eigenvalue weighted by molar-refractivity contribution is 6.04. The predicted molar refractivity (Wildman–Crippen MR) is 104 cm³/mol. The van der Waals surface area contributed by atoms with Crippen molar-refractivity contribution in [2.24, 2.45) is 7.05 Å². The number of anilines is 1. The minimum atomic E-state index is -0.657. The van der Waals surface area contributed by atoms with Gasteiger partial charge in [0.15, 0.2) is 5.82 Å². The van der Waals surface area contributed by atoms with Crippen LogP contribution < -0.4 is 10.9 Å². The lowest BCUT2D eigenvalue weighted by atomic mass is 10.1. The Bertz CT molecular complexity index is 1220. The van der Waals surface area contributed by atoms with E-state index in [4.69, 9.17) is 4.42 Å². The zero-order chi connectivity index (χ0) is 19.7. The summed E-state index contributed by atoms with van der Waals surface area (Å²) in [7, 11) is 1.64. The van der Waals surface area contributed by atoms with Crippen molar-refractivity contribution in [3.8, 4) is 0 Å². The quantitative estimate of drug-likeness (QED) is 0.556. The molecule has 0 unspecified atom stereocenters. The molecule has 4 rings (SSSR count). The van der Waals surface area contributed by atoms with Crippen molar-refractivity contribution in [1.82, 2.24) is 20.0 Å². The minimum Gasteiger partial charge on any atom is -0.427 e. The van der Waals surface area contributed by atoms with E-state index in [0.717, 1.165) is 22.9 Å². The van der Waals surface area contributed by atoms with Crippen molar-refractivity contribution in [1.29, 1.82) is 0 Å². The molecule has 8 heteroatoms. The second-order valence-corrected chi connectivity index (χ2v) is 6.59. The summed E-state index contributed by atoms with van der Waals surface area (Å²) in [6.45, 7) is 1.72. The summed E-state index contributed by atoms with van der Waals surface area (Å²) in [5.41, 5.74) is 2.11. The Labute approximate surface area is 160 Å². The van der Waals surface area contributed by atoms with Crippen LogP contribution in [-0.2, 0) is 19.9 Å². The van der Waals surface area contributed by atoms with E-state index in [2.05, 4.69) is 26.6 Å². The normalized spacial score (nSPS) is 11.1.